The van der Waals surface area contributed by atoms with Crippen LogP contribution in [-0.4, -0.2) is 40.1 Å². The Labute approximate surface area is 198 Å². The first-order chi connectivity index (χ1) is 16.4. The zero-order valence-corrected chi connectivity index (χ0v) is 19.9. The third-order valence-electron chi connectivity index (χ3n) is 5.66. The standard InChI is InChI=1S/C25H26FN5O2S/c1-3-30(17-20-7-5-4-6-8-20)24(21-11-13-22(26)14-12-21)25-27-28-29-31(25)18-34(32,33)23-15-9-19(2)10-16-23/h4-16,24H,3,17-18H2,1-2H3. The molecule has 1 unspecified atom stereocenters. The highest BCUT2D eigenvalue weighted by Crippen LogP contribution is 2.29. The summed E-state index contributed by atoms with van der Waals surface area (Å²) >= 11 is 0. The first kappa shape index (κ1) is 23.7. The number of sulfone groups is 1. The van der Waals surface area contributed by atoms with E-state index in [-0.39, 0.29) is 10.7 Å². The van der Waals surface area contributed by atoms with Gasteiger partial charge in [0.2, 0.25) is 0 Å². The molecule has 1 atom stereocenters. The van der Waals surface area contributed by atoms with E-state index in [9.17, 15) is 12.8 Å². The van der Waals surface area contributed by atoms with E-state index in [1.54, 1.807) is 36.4 Å². The van der Waals surface area contributed by atoms with Crippen molar-refractivity contribution in [2.75, 3.05) is 6.54 Å². The van der Waals surface area contributed by atoms with Gasteiger partial charge in [0, 0.05) is 6.54 Å². The van der Waals surface area contributed by atoms with E-state index >= 15 is 0 Å². The molecule has 3 aromatic carbocycles. The number of aromatic nitrogens is 4. The third kappa shape index (κ3) is 5.37. The van der Waals surface area contributed by atoms with Crippen molar-refractivity contribution in [3.8, 4) is 0 Å². The second kappa shape index (κ2) is 10.2. The fraction of sp³-hybridized carbons (Fsp3) is 0.240. The second-order valence-corrected chi connectivity index (χ2v) is 10.1. The molecule has 0 bridgehead atoms. The molecule has 0 aliphatic rings. The van der Waals surface area contributed by atoms with E-state index in [0.29, 0.717) is 18.9 Å². The minimum absolute atomic E-state index is 0.203. The van der Waals surface area contributed by atoms with Crippen molar-refractivity contribution in [3.63, 3.8) is 0 Å². The molecule has 0 aliphatic heterocycles. The summed E-state index contributed by atoms with van der Waals surface area (Å²) in [7, 11) is -3.69. The van der Waals surface area contributed by atoms with Gasteiger partial charge in [0.05, 0.1) is 10.9 Å². The summed E-state index contributed by atoms with van der Waals surface area (Å²) in [4.78, 5) is 2.33. The van der Waals surface area contributed by atoms with Gasteiger partial charge in [0.25, 0.3) is 0 Å². The molecule has 4 rings (SSSR count). The van der Waals surface area contributed by atoms with Crippen molar-refractivity contribution in [1.82, 2.24) is 25.1 Å². The van der Waals surface area contributed by atoms with Crippen LogP contribution in [0, 0.1) is 12.7 Å². The van der Waals surface area contributed by atoms with Gasteiger partial charge in [0.15, 0.2) is 21.5 Å². The number of benzene rings is 3. The fourth-order valence-corrected chi connectivity index (χ4v) is 5.06. The van der Waals surface area contributed by atoms with Gasteiger partial charge < -0.3 is 0 Å². The summed E-state index contributed by atoms with van der Waals surface area (Å²) in [6.45, 7) is 5.12. The van der Waals surface area contributed by atoms with Gasteiger partial charge in [-0.05, 0) is 59.3 Å². The van der Waals surface area contributed by atoms with E-state index in [2.05, 4.69) is 20.4 Å². The highest BCUT2D eigenvalue weighted by atomic mass is 32.2. The molecule has 0 aliphatic carbocycles. The van der Waals surface area contributed by atoms with Crippen molar-refractivity contribution in [1.29, 1.82) is 0 Å². The van der Waals surface area contributed by atoms with Crippen molar-refractivity contribution < 1.29 is 12.8 Å². The average molecular weight is 480 g/mol. The van der Waals surface area contributed by atoms with Crippen LogP contribution in [0.5, 0.6) is 0 Å². The van der Waals surface area contributed by atoms with Crippen LogP contribution in [-0.2, 0) is 22.3 Å². The summed E-state index contributed by atoms with van der Waals surface area (Å²) in [6, 6.07) is 22.3. The number of nitrogens with zero attached hydrogens (tertiary/aromatic N) is 5. The molecule has 176 valence electrons. The van der Waals surface area contributed by atoms with Crippen LogP contribution in [0.4, 0.5) is 4.39 Å². The predicted molar refractivity (Wildman–Crippen MR) is 127 cm³/mol. The Morgan fingerprint density at radius 3 is 2.29 bits per heavy atom. The Kier molecular flexibility index (Phi) is 7.14. The molecule has 0 fully saturated rings. The molecule has 1 heterocycles. The molecule has 0 radical (unpaired) electrons. The smallest absolute Gasteiger partial charge is 0.198 e. The minimum Gasteiger partial charge on any atom is -0.286 e. The van der Waals surface area contributed by atoms with E-state index in [1.165, 1.54) is 16.8 Å². The molecule has 34 heavy (non-hydrogen) atoms. The Balaban J connectivity index is 1.73. The van der Waals surface area contributed by atoms with Crippen LogP contribution < -0.4 is 0 Å². The molecular weight excluding hydrogens is 453 g/mol. The zero-order valence-electron chi connectivity index (χ0n) is 19.0. The van der Waals surface area contributed by atoms with Gasteiger partial charge in [0.1, 0.15) is 5.82 Å². The quantitative estimate of drug-likeness (QED) is 0.359. The fourth-order valence-electron chi connectivity index (χ4n) is 3.85. The van der Waals surface area contributed by atoms with E-state index < -0.39 is 21.8 Å². The summed E-state index contributed by atoms with van der Waals surface area (Å²) in [6.07, 6.45) is 0. The Morgan fingerprint density at radius 2 is 1.65 bits per heavy atom. The summed E-state index contributed by atoms with van der Waals surface area (Å²) < 4.78 is 41.3. The number of hydrogen-bond donors (Lipinski definition) is 0. The Bertz CT molecular complexity index is 1320. The minimum atomic E-state index is -3.69. The van der Waals surface area contributed by atoms with Gasteiger partial charge >= 0.3 is 0 Å². The maximum Gasteiger partial charge on any atom is 0.198 e. The summed E-state index contributed by atoms with van der Waals surface area (Å²) in [5.74, 6) is -0.380. The van der Waals surface area contributed by atoms with Crippen molar-refractivity contribution >= 4 is 9.84 Å². The van der Waals surface area contributed by atoms with Gasteiger partial charge in [-0.2, -0.15) is 0 Å². The maximum atomic E-state index is 13.7. The van der Waals surface area contributed by atoms with Crippen LogP contribution in [0.1, 0.15) is 35.5 Å². The molecule has 4 aromatic rings. The van der Waals surface area contributed by atoms with Gasteiger partial charge in [-0.15, -0.1) is 5.10 Å². The van der Waals surface area contributed by atoms with Crippen molar-refractivity contribution in [3.05, 3.63) is 107 Å². The zero-order chi connectivity index (χ0) is 24.1. The normalized spacial score (nSPS) is 12.7. The van der Waals surface area contributed by atoms with Crippen LogP contribution in [0.3, 0.4) is 0 Å². The number of tetrazole rings is 1. The summed E-state index contributed by atoms with van der Waals surface area (Å²) in [5, 5.41) is 12.0. The molecule has 0 saturated heterocycles. The molecule has 0 spiro atoms. The molecule has 0 saturated carbocycles. The lowest BCUT2D eigenvalue weighted by atomic mass is 10.0. The number of halogens is 1. The first-order valence-corrected chi connectivity index (χ1v) is 12.6. The van der Waals surface area contributed by atoms with Gasteiger partial charge in [-0.1, -0.05) is 67.1 Å². The molecular formula is C25H26FN5O2S. The number of aryl methyl sites for hydroxylation is 1. The lowest BCUT2D eigenvalue weighted by Crippen LogP contribution is -2.32. The maximum absolute atomic E-state index is 13.7. The first-order valence-electron chi connectivity index (χ1n) is 11.0. The van der Waals surface area contributed by atoms with Gasteiger partial charge in [-0.3, -0.25) is 4.90 Å². The summed E-state index contributed by atoms with van der Waals surface area (Å²) in [5.41, 5.74) is 2.82. The lowest BCUT2D eigenvalue weighted by molar-refractivity contribution is 0.216. The monoisotopic (exact) mass is 479 g/mol. The van der Waals surface area contributed by atoms with Crippen molar-refractivity contribution in [2.24, 2.45) is 0 Å². The highest BCUT2D eigenvalue weighted by Gasteiger charge is 2.29. The van der Waals surface area contributed by atoms with Crippen LogP contribution in [0.15, 0.2) is 83.8 Å². The van der Waals surface area contributed by atoms with Crippen molar-refractivity contribution in [2.45, 2.75) is 37.2 Å². The Morgan fingerprint density at radius 1 is 0.971 bits per heavy atom. The van der Waals surface area contributed by atoms with E-state index in [1.807, 2.05) is 44.2 Å². The van der Waals surface area contributed by atoms with Gasteiger partial charge in [-0.25, -0.2) is 17.5 Å². The number of rotatable bonds is 9. The molecule has 0 N–H and O–H groups in total. The molecule has 9 heteroatoms. The predicted octanol–water partition coefficient (Wildman–Crippen LogP) is 4.16. The Hall–Kier alpha value is -3.43. The SMILES string of the molecule is CCN(Cc1ccccc1)C(c1ccc(F)cc1)c1nnnn1CS(=O)(=O)c1ccc(C)cc1. The van der Waals surface area contributed by atoms with E-state index in [0.717, 1.165) is 16.7 Å². The third-order valence-corrected chi connectivity index (χ3v) is 7.24. The lowest BCUT2D eigenvalue weighted by Gasteiger charge is -2.30. The van der Waals surface area contributed by atoms with Crippen LogP contribution in [0.25, 0.3) is 0 Å². The van der Waals surface area contributed by atoms with Crippen LogP contribution in [0.2, 0.25) is 0 Å². The number of hydrogen-bond acceptors (Lipinski definition) is 6. The highest BCUT2D eigenvalue weighted by molar-refractivity contribution is 7.90. The largest absolute Gasteiger partial charge is 0.286 e. The topological polar surface area (TPSA) is 81.0 Å². The molecule has 0 amide bonds. The molecule has 1 aromatic heterocycles. The second-order valence-electron chi connectivity index (χ2n) is 8.10. The van der Waals surface area contributed by atoms with Crippen LogP contribution >= 0.6 is 0 Å². The van der Waals surface area contributed by atoms with E-state index in [4.69, 9.17) is 0 Å². The molecule has 7 nitrogen and oxygen atoms in total. The average Bonchev–Trinajstić information content (AvgIpc) is 3.27.